The fourth-order valence-corrected chi connectivity index (χ4v) is 11.6. The Hall–Kier alpha value is -10.2. The van der Waals surface area contributed by atoms with Crippen LogP contribution in [0.15, 0.2) is 211 Å². The fraction of sp³-hybridized carbons (Fsp3) is 0.149. The van der Waals surface area contributed by atoms with Gasteiger partial charge in [-0.3, -0.25) is 29.1 Å². The number of carbonyl (C=O) groups excluding carboxylic acids is 1. The minimum atomic E-state index is -6.85. The van der Waals surface area contributed by atoms with E-state index < -0.39 is 76.0 Å². The first-order valence-electron chi connectivity index (χ1n) is 32.3. The van der Waals surface area contributed by atoms with Crippen LogP contribution in [-0.4, -0.2) is 117 Å². The lowest BCUT2D eigenvalue weighted by atomic mass is 9.98. The summed E-state index contributed by atoms with van der Waals surface area (Å²) in [5.74, 6) is -2.92. The van der Waals surface area contributed by atoms with Gasteiger partial charge < -0.3 is 34.2 Å². The Kier molecular flexibility index (Phi) is 38.5. The van der Waals surface area contributed by atoms with Gasteiger partial charge in [-0.25, -0.2) is 31.9 Å². The van der Waals surface area contributed by atoms with Gasteiger partial charge in [0.05, 0.1) is 43.2 Å². The SMILES string of the molecule is BrB(Br)Br.C.COc1cc(F)ccc1-c1cccc(C)n1.COc1cc(F)ccc1O[B]O.Cc1cccc(-c2ccc(F)cc2-c2ccc3ncc(C(N)=O)n3c2)n1.Cc1cccc(-c2ccc(F)cc2O)n1.Cc1cccc(-c2ccc(F)cc2OS(=O)(=O)C(F)(F)F)n1.Cc1cccc(Br)n1.O=S(=O)(OS(=O)(=O)C(F)(F)F)C(F)(F)F. The Morgan fingerprint density at radius 1 is 0.462 bits per heavy atom. The van der Waals surface area contributed by atoms with Crippen molar-refractivity contribution in [1.29, 1.82) is 0 Å². The van der Waals surface area contributed by atoms with Gasteiger partial charge in [-0.2, -0.15) is 64.8 Å². The normalized spacial score (nSPS) is 11.0. The number of aromatic hydroxyl groups is 1. The van der Waals surface area contributed by atoms with Gasteiger partial charge in [0.2, 0.25) is 0 Å². The Morgan fingerprint density at radius 3 is 1.21 bits per heavy atom. The van der Waals surface area contributed by atoms with Crippen LogP contribution in [0.4, 0.5) is 61.5 Å². The number of phenols is 1. The number of methoxy groups -OCH3 is 2. The Morgan fingerprint density at radius 2 is 0.824 bits per heavy atom. The van der Waals surface area contributed by atoms with E-state index in [2.05, 4.69) is 102 Å². The Labute approximate surface area is 706 Å². The van der Waals surface area contributed by atoms with E-state index in [0.29, 0.717) is 47.7 Å². The number of amides is 1. The minimum Gasteiger partial charge on any atom is -0.535 e. The number of rotatable bonds is 14. The average molecular weight is 1990 g/mol. The number of fused-ring (bicyclic) bond motifs is 1. The molecule has 1 radical (unpaired) electrons. The predicted octanol–water partition coefficient (Wildman–Crippen LogP) is 19.5. The molecule has 22 nitrogen and oxygen atoms in total. The maximum absolute atomic E-state index is 14.0. The predicted molar refractivity (Wildman–Crippen MR) is 433 cm³/mol. The van der Waals surface area contributed by atoms with Crippen LogP contribution in [0.2, 0.25) is 0 Å². The number of primary amides is 1. The molecule has 7 heterocycles. The molecule has 4 N–H and O–H groups in total. The molecule has 0 atom stereocenters. The molecule has 0 aliphatic rings. The summed E-state index contributed by atoms with van der Waals surface area (Å²) in [4.78, 5) is 37.1. The number of hydrogen-bond acceptors (Lipinski definition) is 20. The Bertz CT molecular complexity index is 5740. The van der Waals surface area contributed by atoms with Crippen LogP contribution in [0.5, 0.6) is 28.7 Å². The number of aryl methyl sites for hydroxylation is 5. The monoisotopic (exact) mass is 1990 g/mol. The molecule has 0 saturated carbocycles. The topological polar surface area (TPSA) is 314 Å². The van der Waals surface area contributed by atoms with E-state index in [0.717, 1.165) is 73.7 Å². The number of alkyl halides is 9. The molecular weight excluding hydrogens is 1930 g/mol. The summed E-state index contributed by atoms with van der Waals surface area (Å²) >= 11 is 12.6. The van der Waals surface area contributed by atoms with Crippen molar-refractivity contribution in [3.8, 4) is 84.9 Å². The summed E-state index contributed by atoms with van der Waals surface area (Å²) in [7, 11) is -16.2. The number of pyridine rings is 6. The second-order valence-electron chi connectivity index (χ2n) is 22.9. The highest BCUT2D eigenvalue weighted by atomic mass is 79.9. The van der Waals surface area contributed by atoms with Gasteiger partial charge in [-0.05, 0) is 201 Å². The number of hydrogen-bond donors (Lipinski definition) is 3. The lowest BCUT2D eigenvalue weighted by Crippen LogP contribution is -2.34. The number of aromatic nitrogens is 7. The van der Waals surface area contributed by atoms with Crippen molar-refractivity contribution in [3.63, 3.8) is 0 Å². The van der Waals surface area contributed by atoms with Gasteiger partial charge >= 0.3 is 57.7 Å². The van der Waals surface area contributed by atoms with E-state index in [1.165, 1.54) is 81.1 Å². The lowest BCUT2D eigenvalue weighted by Gasteiger charge is -2.13. The number of nitrogens with two attached hydrogens (primary N) is 1. The van der Waals surface area contributed by atoms with Gasteiger partial charge in [0.1, 0.15) is 62.3 Å². The summed E-state index contributed by atoms with van der Waals surface area (Å²) < 4.78 is 256. The van der Waals surface area contributed by atoms with Crippen LogP contribution in [0.3, 0.4) is 0 Å². The van der Waals surface area contributed by atoms with Gasteiger partial charge in [0.15, 0.2) is 11.5 Å². The third-order valence-corrected chi connectivity index (χ3v) is 18.1. The van der Waals surface area contributed by atoms with Crippen molar-refractivity contribution in [3.05, 3.63) is 274 Å². The zero-order valence-electron chi connectivity index (χ0n) is 61.3. The molecule has 12 aromatic rings. The number of nitrogens with zero attached hydrogens (tertiary/aromatic N) is 7. The van der Waals surface area contributed by atoms with Gasteiger partial charge in [-0.1, -0.05) is 37.8 Å². The second kappa shape index (κ2) is 45.3. The third-order valence-electron chi connectivity index (χ3n) is 14.2. The van der Waals surface area contributed by atoms with Crippen LogP contribution >= 0.6 is 63.2 Å². The van der Waals surface area contributed by atoms with Crippen LogP contribution in [0, 0.1) is 63.7 Å². The smallest absolute Gasteiger partial charge is 0.535 e. The molecule has 0 unspecified atom stereocenters. The first kappa shape index (κ1) is 101. The number of imidazole rings is 1. The van der Waals surface area contributed by atoms with E-state index in [-0.39, 0.29) is 56.4 Å². The minimum absolute atomic E-state index is 0. The first-order valence-corrected chi connectivity index (χ1v) is 40.0. The fourth-order valence-electron chi connectivity index (χ4n) is 9.11. The maximum Gasteiger partial charge on any atom is 0.569 e. The quantitative estimate of drug-likeness (QED) is 0.0299. The summed E-state index contributed by atoms with van der Waals surface area (Å²) in [6.07, 6.45) is 3.16. The number of carbonyl (C=O) groups is 1. The lowest BCUT2D eigenvalue weighted by molar-refractivity contribution is -0.0586. The van der Waals surface area contributed by atoms with Crippen LogP contribution in [-0.2, 0) is 34.0 Å². The van der Waals surface area contributed by atoms with E-state index in [9.17, 15) is 96.6 Å². The van der Waals surface area contributed by atoms with Crippen molar-refractivity contribution in [2.24, 2.45) is 5.73 Å². The molecule has 5 aromatic carbocycles. The molecule has 633 valence electrons. The van der Waals surface area contributed by atoms with Gasteiger partial charge in [0.25, 0.3) is 5.91 Å². The highest BCUT2D eigenvalue weighted by Crippen LogP contribution is 2.38. The summed E-state index contributed by atoms with van der Waals surface area (Å²) in [5, 5.41) is 17.9. The second-order valence-corrected chi connectivity index (χ2v) is 34.9. The molecule has 7 aromatic heterocycles. The maximum atomic E-state index is 14.0. The third kappa shape index (κ3) is 31.5. The van der Waals surface area contributed by atoms with Crippen LogP contribution in [0.25, 0.3) is 61.8 Å². The van der Waals surface area contributed by atoms with E-state index in [1.54, 1.807) is 53.9 Å². The molecule has 0 spiro atoms. The van der Waals surface area contributed by atoms with Crippen molar-refractivity contribution in [1.82, 2.24) is 34.3 Å². The molecule has 0 saturated heterocycles. The summed E-state index contributed by atoms with van der Waals surface area (Å²) in [6.45, 7) is 9.29. The highest BCUT2D eigenvalue weighted by Gasteiger charge is 2.57. The summed E-state index contributed by atoms with van der Waals surface area (Å²) in [5.41, 5.74) is -1.80. The first-order chi connectivity index (χ1) is 55.0. The molecule has 119 heavy (non-hydrogen) atoms. The van der Waals surface area contributed by atoms with Crippen LogP contribution in [0.1, 0.15) is 46.4 Å². The number of phenolic OH excluding ortho intramolecular Hbond substituents is 1. The van der Waals surface area contributed by atoms with Gasteiger partial charge in [0, 0.05) is 81.2 Å². The number of halogens is 18. The highest BCUT2D eigenvalue weighted by molar-refractivity contribution is 9.69. The molecule has 0 aliphatic heterocycles. The molecular formula is C74H63B2Br4F14N8O14S3. The van der Waals surface area contributed by atoms with E-state index >= 15 is 0 Å². The van der Waals surface area contributed by atoms with Crippen molar-refractivity contribution in [2.45, 2.75) is 58.6 Å². The molecule has 45 heteroatoms. The summed E-state index contributed by atoms with van der Waals surface area (Å²) in [6, 6.07) is 50.3. The van der Waals surface area contributed by atoms with Crippen LogP contribution < -0.4 is 24.0 Å². The van der Waals surface area contributed by atoms with Crippen molar-refractivity contribution in [2.75, 3.05) is 14.2 Å². The van der Waals surface area contributed by atoms with Gasteiger partial charge in [-0.15, -0.1) is 50.9 Å². The number of ether oxygens (including phenoxy) is 2. The molecule has 0 aliphatic carbocycles. The molecule has 0 bridgehead atoms. The van der Waals surface area contributed by atoms with Crippen molar-refractivity contribution >= 4 is 116 Å². The van der Waals surface area contributed by atoms with Crippen molar-refractivity contribution < 1.29 is 124 Å². The average Bonchev–Trinajstić information content (AvgIpc) is 1.78. The van der Waals surface area contributed by atoms with E-state index in [1.807, 2.05) is 104 Å². The zero-order valence-corrected chi connectivity index (χ0v) is 70.1. The van der Waals surface area contributed by atoms with E-state index in [4.69, 9.17) is 20.2 Å². The zero-order chi connectivity index (χ0) is 88.4. The standard InChI is InChI=1S/C20H15FN4O.C13H9F4NO3S.C13H12FNO.C12H10FNO.C7H7BFO3.C6H6BrN.C2F6O5S2.CH4.BBr3/c1-12-3-2-4-17(24-12)15-7-6-14(21)9-16(15)13-5-8-19-23-10-18(20(22)26)25(19)11-13;1-8-3-2-4-11(18-8)10-6-5-9(14)7-12(10)21-22(19,20)13(15,16)17;1-9-4-3-5-12(15-9)11-7-6-10(14)8-13(11)16-2;1-8-3-2-4-11(14-8)10-6-5-9(13)7-12(10)15;1-11-7-4-5(9)2-3-6(7)12-8-10;1-5-3-2-4-6(7)8-5;3-1(4,5)14(9,10)13-15(11,12)2(6,7)8;;2-1(3)4/h2-11H,1H3,(H2,22,26);2-7H,1H3;3-8H,1-2H3;2-7,15H,1H3;2-4,10H,1H3;2-4H,1H3;;1H4;. The molecule has 1 amide bonds. The Balaban J connectivity index is 0.000000296. The largest absolute Gasteiger partial charge is 0.569 e. The number of benzene rings is 5. The molecule has 0 fully saturated rings. The molecule has 12 rings (SSSR count).